The van der Waals surface area contributed by atoms with Crippen molar-refractivity contribution in [2.24, 2.45) is 5.92 Å². The molecule has 0 aromatic heterocycles. The highest BCUT2D eigenvalue weighted by molar-refractivity contribution is 7.92. The fourth-order valence-corrected chi connectivity index (χ4v) is 3.37. The lowest BCUT2D eigenvalue weighted by atomic mass is 10.1. The number of hydrogen-bond acceptors (Lipinski definition) is 3. The zero-order chi connectivity index (χ0) is 19.3. The number of amides is 1. The second-order valence-electron chi connectivity index (χ2n) is 6.20. The molecule has 0 fully saturated rings. The highest BCUT2D eigenvalue weighted by Crippen LogP contribution is 2.22. The second kappa shape index (κ2) is 8.51. The minimum atomic E-state index is -3.88. The monoisotopic (exact) mass is 398 g/mol. The number of benzene rings is 2. The number of nitrogens with one attached hydrogen (secondary N) is 2. The van der Waals surface area contributed by atoms with Gasteiger partial charge >= 0.3 is 0 Å². The third kappa shape index (κ3) is 5.44. The van der Waals surface area contributed by atoms with Crippen LogP contribution in [0.25, 0.3) is 0 Å². The maximum Gasteiger partial charge on any atom is 0.261 e. The van der Waals surface area contributed by atoms with Crippen molar-refractivity contribution in [3.05, 3.63) is 58.9 Å². The van der Waals surface area contributed by atoms with Crippen LogP contribution in [0.4, 0.5) is 10.1 Å². The lowest BCUT2D eigenvalue weighted by Crippen LogP contribution is -2.25. The van der Waals surface area contributed by atoms with Gasteiger partial charge in [-0.2, -0.15) is 0 Å². The predicted molar refractivity (Wildman–Crippen MR) is 100 cm³/mol. The zero-order valence-corrected chi connectivity index (χ0v) is 16.0. The molecule has 140 valence electrons. The van der Waals surface area contributed by atoms with Crippen LogP contribution >= 0.6 is 11.6 Å². The Kier molecular flexibility index (Phi) is 6.61. The van der Waals surface area contributed by atoms with Crippen molar-refractivity contribution >= 4 is 33.2 Å². The molecule has 2 aromatic rings. The van der Waals surface area contributed by atoms with E-state index in [2.05, 4.69) is 23.9 Å². The normalized spacial score (nSPS) is 11.4. The van der Waals surface area contributed by atoms with Gasteiger partial charge in [0.05, 0.1) is 15.6 Å². The van der Waals surface area contributed by atoms with Crippen LogP contribution in [0.1, 0.15) is 30.6 Å². The van der Waals surface area contributed by atoms with E-state index >= 15 is 0 Å². The lowest BCUT2D eigenvalue weighted by Gasteiger charge is -2.10. The first-order chi connectivity index (χ1) is 12.2. The topological polar surface area (TPSA) is 75.3 Å². The summed E-state index contributed by atoms with van der Waals surface area (Å²) in [4.78, 5) is 12.0. The molecule has 0 saturated carbocycles. The minimum Gasteiger partial charge on any atom is -0.352 e. The van der Waals surface area contributed by atoms with E-state index in [1.807, 2.05) is 0 Å². The van der Waals surface area contributed by atoms with Crippen LogP contribution in [-0.4, -0.2) is 20.9 Å². The molecule has 0 spiro atoms. The summed E-state index contributed by atoms with van der Waals surface area (Å²) in [6.07, 6.45) is 0.863. The van der Waals surface area contributed by atoms with E-state index in [4.69, 9.17) is 11.6 Å². The molecule has 2 aromatic carbocycles. The van der Waals surface area contributed by atoms with E-state index < -0.39 is 15.8 Å². The van der Waals surface area contributed by atoms with Gasteiger partial charge in [-0.3, -0.25) is 9.52 Å². The third-order valence-electron chi connectivity index (χ3n) is 3.61. The van der Waals surface area contributed by atoms with Gasteiger partial charge in [0.1, 0.15) is 5.82 Å². The molecule has 2 N–H and O–H groups in total. The number of sulfonamides is 1. The van der Waals surface area contributed by atoms with Gasteiger partial charge in [-0.15, -0.1) is 0 Å². The van der Waals surface area contributed by atoms with Crippen LogP contribution < -0.4 is 10.0 Å². The first kappa shape index (κ1) is 20.2. The van der Waals surface area contributed by atoms with Gasteiger partial charge in [-0.25, -0.2) is 12.8 Å². The fraction of sp³-hybridized carbons (Fsp3) is 0.278. The Bertz CT molecular complexity index is 884. The Hall–Kier alpha value is -2.12. The van der Waals surface area contributed by atoms with Crippen molar-refractivity contribution in [3.63, 3.8) is 0 Å². The largest absolute Gasteiger partial charge is 0.352 e. The molecule has 0 saturated heterocycles. The number of carbonyl (C=O) groups is 1. The number of rotatable bonds is 7. The fourth-order valence-electron chi connectivity index (χ4n) is 2.14. The maximum atomic E-state index is 13.2. The molecule has 1 amide bonds. The summed E-state index contributed by atoms with van der Waals surface area (Å²) in [5.74, 6) is -0.413. The van der Waals surface area contributed by atoms with Crippen LogP contribution in [0, 0.1) is 11.7 Å². The van der Waals surface area contributed by atoms with Crippen molar-refractivity contribution in [3.8, 4) is 0 Å². The summed E-state index contributed by atoms with van der Waals surface area (Å²) in [6.45, 7) is 4.68. The van der Waals surface area contributed by atoms with E-state index in [-0.39, 0.29) is 21.5 Å². The van der Waals surface area contributed by atoms with Gasteiger partial charge in [0, 0.05) is 12.1 Å². The maximum absolute atomic E-state index is 13.2. The van der Waals surface area contributed by atoms with Crippen molar-refractivity contribution in [1.82, 2.24) is 5.32 Å². The Morgan fingerprint density at radius 1 is 1.15 bits per heavy atom. The summed E-state index contributed by atoms with van der Waals surface area (Å²) in [7, 11) is -3.88. The van der Waals surface area contributed by atoms with Gasteiger partial charge in [0.2, 0.25) is 0 Å². The van der Waals surface area contributed by atoms with Gasteiger partial charge < -0.3 is 5.32 Å². The molecule has 0 aliphatic heterocycles. The quantitative estimate of drug-likeness (QED) is 0.738. The van der Waals surface area contributed by atoms with E-state index in [0.29, 0.717) is 18.0 Å². The molecular weight excluding hydrogens is 379 g/mol. The first-order valence-electron chi connectivity index (χ1n) is 8.05. The van der Waals surface area contributed by atoms with Crippen LogP contribution in [0.5, 0.6) is 0 Å². The number of anilines is 1. The van der Waals surface area contributed by atoms with Gasteiger partial charge in [0.25, 0.3) is 15.9 Å². The van der Waals surface area contributed by atoms with E-state index in [1.165, 1.54) is 36.4 Å². The predicted octanol–water partition coefficient (Wildman–Crippen LogP) is 4.06. The summed E-state index contributed by atoms with van der Waals surface area (Å²) in [6, 6.07) is 9.09. The van der Waals surface area contributed by atoms with Crippen molar-refractivity contribution in [2.75, 3.05) is 11.3 Å². The van der Waals surface area contributed by atoms with Crippen molar-refractivity contribution in [2.45, 2.75) is 25.2 Å². The SMILES string of the molecule is CC(C)CCNC(=O)c1ccc(S(=O)(=O)Nc2ccc(F)c(Cl)c2)cc1. The van der Waals surface area contributed by atoms with Crippen LogP contribution in [0.3, 0.4) is 0 Å². The number of hydrogen-bond donors (Lipinski definition) is 2. The molecule has 0 atom stereocenters. The molecular formula is C18H20ClFN2O3S. The standard InChI is InChI=1S/C18H20ClFN2O3S/c1-12(2)9-10-21-18(23)13-3-6-15(7-4-13)26(24,25)22-14-5-8-17(20)16(19)11-14/h3-8,11-12,22H,9-10H2,1-2H3,(H,21,23). The molecule has 5 nitrogen and oxygen atoms in total. The third-order valence-corrected chi connectivity index (χ3v) is 5.29. The second-order valence-corrected chi connectivity index (χ2v) is 8.29. The zero-order valence-electron chi connectivity index (χ0n) is 14.4. The molecule has 0 bridgehead atoms. The molecule has 0 unspecified atom stereocenters. The summed E-state index contributed by atoms with van der Waals surface area (Å²) >= 11 is 5.65. The molecule has 8 heteroatoms. The van der Waals surface area contributed by atoms with Crippen LogP contribution in [-0.2, 0) is 10.0 Å². The van der Waals surface area contributed by atoms with Crippen LogP contribution in [0.2, 0.25) is 5.02 Å². The molecule has 26 heavy (non-hydrogen) atoms. The highest BCUT2D eigenvalue weighted by atomic mass is 35.5. The van der Waals surface area contributed by atoms with Gasteiger partial charge in [-0.1, -0.05) is 25.4 Å². The van der Waals surface area contributed by atoms with E-state index in [0.717, 1.165) is 12.5 Å². The molecule has 0 aliphatic carbocycles. The lowest BCUT2D eigenvalue weighted by molar-refractivity contribution is 0.0952. The number of carbonyl (C=O) groups excluding carboxylic acids is 1. The smallest absolute Gasteiger partial charge is 0.261 e. The summed E-state index contributed by atoms with van der Waals surface area (Å²) in [5.41, 5.74) is 0.518. The van der Waals surface area contributed by atoms with Gasteiger partial charge in [0.15, 0.2) is 0 Å². The summed E-state index contributed by atoms with van der Waals surface area (Å²) in [5, 5.41) is 2.60. The van der Waals surface area contributed by atoms with Crippen molar-refractivity contribution < 1.29 is 17.6 Å². The van der Waals surface area contributed by atoms with Crippen molar-refractivity contribution in [1.29, 1.82) is 0 Å². The first-order valence-corrected chi connectivity index (χ1v) is 9.91. The van der Waals surface area contributed by atoms with Crippen LogP contribution in [0.15, 0.2) is 47.4 Å². The Balaban J connectivity index is 2.08. The Morgan fingerprint density at radius 2 is 1.81 bits per heavy atom. The minimum absolute atomic E-state index is 0.0170. The van der Waals surface area contributed by atoms with E-state index in [1.54, 1.807) is 0 Å². The Labute approximate surface area is 157 Å². The highest BCUT2D eigenvalue weighted by Gasteiger charge is 2.16. The van der Waals surface area contributed by atoms with E-state index in [9.17, 15) is 17.6 Å². The Morgan fingerprint density at radius 3 is 2.38 bits per heavy atom. The average molecular weight is 399 g/mol. The molecule has 0 aliphatic rings. The molecule has 0 heterocycles. The molecule has 0 radical (unpaired) electrons. The number of halogens is 2. The summed E-state index contributed by atoms with van der Waals surface area (Å²) < 4.78 is 40.2. The average Bonchev–Trinajstić information content (AvgIpc) is 2.57. The van der Waals surface area contributed by atoms with Gasteiger partial charge in [-0.05, 0) is 54.8 Å². The molecule has 2 rings (SSSR count).